The van der Waals surface area contributed by atoms with Crippen LogP contribution in [0.25, 0.3) is 0 Å². The molecule has 0 spiro atoms. The second kappa shape index (κ2) is 6.71. The first-order valence-electron chi connectivity index (χ1n) is 8.02. The molecule has 1 saturated heterocycles. The number of anilines is 2. The maximum atomic E-state index is 12.3. The van der Waals surface area contributed by atoms with Crippen LogP contribution in [-0.2, 0) is 14.4 Å². The number of hydrogen-bond donors (Lipinski definition) is 1. The van der Waals surface area contributed by atoms with Crippen LogP contribution >= 0.6 is 11.6 Å². The Kier molecular flexibility index (Phi) is 4.66. The molecule has 0 unspecified atom stereocenters. The fourth-order valence-electron chi connectivity index (χ4n) is 3.21. The van der Waals surface area contributed by atoms with Gasteiger partial charge in [-0.3, -0.25) is 19.3 Å². The van der Waals surface area contributed by atoms with Crippen molar-refractivity contribution in [1.82, 2.24) is 0 Å². The Morgan fingerprint density at radius 1 is 1.09 bits per heavy atom. The van der Waals surface area contributed by atoms with E-state index >= 15 is 0 Å². The van der Waals surface area contributed by atoms with Crippen LogP contribution in [0.15, 0.2) is 18.2 Å². The molecule has 2 fully saturated rings. The molecule has 1 aromatic carbocycles. The zero-order valence-corrected chi connectivity index (χ0v) is 13.6. The predicted octanol–water partition coefficient (Wildman–Crippen LogP) is 3.51. The first kappa shape index (κ1) is 16.0. The van der Waals surface area contributed by atoms with Gasteiger partial charge in [-0.15, -0.1) is 0 Å². The highest BCUT2D eigenvalue weighted by Crippen LogP contribution is 2.31. The van der Waals surface area contributed by atoms with Crippen LogP contribution in [0.3, 0.4) is 0 Å². The highest BCUT2D eigenvalue weighted by Gasteiger charge is 2.30. The van der Waals surface area contributed by atoms with E-state index in [0.717, 1.165) is 30.6 Å². The van der Waals surface area contributed by atoms with Gasteiger partial charge in [0.2, 0.25) is 17.7 Å². The van der Waals surface area contributed by atoms with Gasteiger partial charge in [-0.05, 0) is 31.0 Å². The number of nitrogens with zero attached hydrogens (tertiary/aromatic N) is 1. The van der Waals surface area contributed by atoms with E-state index in [2.05, 4.69) is 5.32 Å². The van der Waals surface area contributed by atoms with E-state index in [1.54, 1.807) is 18.2 Å². The van der Waals surface area contributed by atoms with Crippen molar-refractivity contribution >= 4 is 40.7 Å². The third-order valence-corrected chi connectivity index (χ3v) is 4.81. The van der Waals surface area contributed by atoms with E-state index in [-0.39, 0.29) is 36.5 Å². The molecule has 1 N–H and O–H groups in total. The summed E-state index contributed by atoms with van der Waals surface area (Å²) in [6.45, 7) is 0. The summed E-state index contributed by atoms with van der Waals surface area (Å²) in [5.74, 6) is -0.399. The van der Waals surface area contributed by atoms with Crippen LogP contribution in [0.5, 0.6) is 0 Å². The summed E-state index contributed by atoms with van der Waals surface area (Å²) in [5.41, 5.74) is 0.975. The number of amides is 3. The lowest BCUT2D eigenvalue weighted by Crippen LogP contribution is -2.28. The Morgan fingerprint density at radius 3 is 2.35 bits per heavy atom. The zero-order chi connectivity index (χ0) is 16.4. The molecule has 1 aliphatic heterocycles. The van der Waals surface area contributed by atoms with Gasteiger partial charge >= 0.3 is 0 Å². The molecule has 0 radical (unpaired) electrons. The Balaban J connectivity index is 1.73. The highest BCUT2D eigenvalue weighted by atomic mass is 35.5. The molecule has 2 aliphatic rings. The molecule has 0 atom stereocenters. The normalized spacial score (nSPS) is 19.3. The average molecular weight is 335 g/mol. The van der Waals surface area contributed by atoms with Gasteiger partial charge in [0.15, 0.2) is 0 Å². The van der Waals surface area contributed by atoms with E-state index in [9.17, 15) is 14.4 Å². The van der Waals surface area contributed by atoms with Crippen LogP contribution in [0.2, 0.25) is 5.02 Å². The quantitative estimate of drug-likeness (QED) is 0.860. The van der Waals surface area contributed by atoms with Crippen molar-refractivity contribution in [2.75, 3.05) is 10.2 Å². The van der Waals surface area contributed by atoms with E-state index < -0.39 is 0 Å². The molecule has 1 saturated carbocycles. The molecule has 23 heavy (non-hydrogen) atoms. The minimum atomic E-state index is -0.218. The zero-order valence-electron chi connectivity index (χ0n) is 12.8. The summed E-state index contributed by atoms with van der Waals surface area (Å²) in [6, 6.07) is 4.85. The summed E-state index contributed by atoms with van der Waals surface area (Å²) in [5, 5.41) is 3.19. The van der Waals surface area contributed by atoms with Crippen molar-refractivity contribution in [2.45, 2.75) is 44.9 Å². The number of rotatable bonds is 3. The monoisotopic (exact) mass is 334 g/mol. The van der Waals surface area contributed by atoms with Gasteiger partial charge in [-0.1, -0.05) is 30.9 Å². The highest BCUT2D eigenvalue weighted by molar-refractivity contribution is 6.34. The summed E-state index contributed by atoms with van der Waals surface area (Å²) in [4.78, 5) is 36.9. The van der Waals surface area contributed by atoms with Crippen LogP contribution < -0.4 is 10.2 Å². The van der Waals surface area contributed by atoms with Crippen molar-refractivity contribution in [1.29, 1.82) is 0 Å². The van der Waals surface area contributed by atoms with Crippen LogP contribution in [0.1, 0.15) is 44.9 Å². The molecule has 5 nitrogen and oxygen atoms in total. The molecule has 0 bridgehead atoms. The van der Waals surface area contributed by atoms with Crippen LogP contribution in [0.4, 0.5) is 11.4 Å². The Hall–Kier alpha value is -1.88. The lowest BCUT2D eigenvalue weighted by atomic mass is 9.88. The molecular formula is C17H19ClN2O3. The van der Waals surface area contributed by atoms with Gasteiger partial charge in [-0.2, -0.15) is 0 Å². The summed E-state index contributed by atoms with van der Waals surface area (Å²) >= 11 is 6.22. The first-order chi connectivity index (χ1) is 11.1. The van der Waals surface area contributed by atoms with Crippen LogP contribution in [0, 0.1) is 5.92 Å². The minimum absolute atomic E-state index is 0.00678. The second-order valence-corrected chi connectivity index (χ2v) is 6.52. The number of benzene rings is 1. The maximum absolute atomic E-state index is 12.3. The van der Waals surface area contributed by atoms with E-state index in [4.69, 9.17) is 11.6 Å². The Bertz CT molecular complexity index is 637. The lowest BCUT2D eigenvalue weighted by Gasteiger charge is -2.21. The van der Waals surface area contributed by atoms with Crippen molar-refractivity contribution in [2.24, 2.45) is 5.92 Å². The number of imide groups is 1. The van der Waals surface area contributed by atoms with E-state index in [1.165, 1.54) is 6.42 Å². The molecular weight excluding hydrogens is 316 g/mol. The Morgan fingerprint density at radius 2 is 1.74 bits per heavy atom. The van der Waals surface area contributed by atoms with Gasteiger partial charge in [0.25, 0.3) is 0 Å². The van der Waals surface area contributed by atoms with Crippen LogP contribution in [-0.4, -0.2) is 17.7 Å². The summed E-state index contributed by atoms with van der Waals surface area (Å²) < 4.78 is 0. The summed E-state index contributed by atoms with van der Waals surface area (Å²) in [6.07, 6.45) is 5.66. The van der Waals surface area contributed by atoms with Crippen molar-refractivity contribution in [3.63, 3.8) is 0 Å². The number of carbonyl (C=O) groups is 3. The van der Waals surface area contributed by atoms with Gasteiger partial charge in [-0.25, -0.2) is 0 Å². The van der Waals surface area contributed by atoms with Crippen molar-refractivity contribution in [3.05, 3.63) is 23.2 Å². The van der Waals surface area contributed by atoms with Gasteiger partial charge < -0.3 is 5.32 Å². The summed E-state index contributed by atoms with van der Waals surface area (Å²) in [7, 11) is 0. The van der Waals surface area contributed by atoms with E-state index in [1.807, 2.05) is 0 Å². The maximum Gasteiger partial charge on any atom is 0.234 e. The minimum Gasteiger partial charge on any atom is -0.325 e. The number of hydrogen-bond acceptors (Lipinski definition) is 3. The molecule has 3 rings (SSSR count). The third-order valence-electron chi connectivity index (χ3n) is 4.50. The second-order valence-electron chi connectivity index (χ2n) is 6.11. The molecule has 122 valence electrons. The number of carbonyl (C=O) groups excluding carboxylic acids is 3. The smallest absolute Gasteiger partial charge is 0.234 e. The van der Waals surface area contributed by atoms with Crippen molar-refractivity contribution < 1.29 is 14.4 Å². The molecule has 1 aromatic rings. The van der Waals surface area contributed by atoms with E-state index in [0.29, 0.717) is 16.4 Å². The molecule has 1 heterocycles. The fourth-order valence-corrected chi connectivity index (χ4v) is 3.43. The Labute approximate surface area is 140 Å². The van der Waals surface area contributed by atoms with Gasteiger partial charge in [0, 0.05) is 18.8 Å². The largest absolute Gasteiger partial charge is 0.325 e. The topological polar surface area (TPSA) is 66.5 Å². The van der Waals surface area contributed by atoms with Gasteiger partial charge in [0.1, 0.15) is 0 Å². The third kappa shape index (κ3) is 3.39. The standard InChI is InChI=1S/C17H19ClN2O3/c18-13-10-12(20-15(21)8-9-16(20)22)6-7-14(13)19-17(23)11-4-2-1-3-5-11/h6-7,10-11H,1-5,8-9H2,(H,19,23). The number of nitrogens with one attached hydrogen (secondary N) is 1. The molecule has 6 heteroatoms. The first-order valence-corrected chi connectivity index (χ1v) is 8.40. The average Bonchev–Trinajstić information content (AvgIpc) is 2.89. The SMILES string of the molecule is O=C(Nc1ccc(N2C(=O)CCC2=O)cc1Cl)C1CCCCC1. The predicted molar refractivity (Wildman–Crippen MR) is 88.4 cm³/mol. The molecule has 1 aliphatic carbocycles. The molecule has 3 amide bonds. The molecule has 0 aromatic heterocycles. The fraction of sp³-hybridized carbons (Fsp3) is 0.471. The van der Waals surface area contributed by atoms with Crippen molar-refractivity contribution in [3.8, 4) is 0 Å². The lowest BCUT2D eigenvalue weighted by molar-refractivity contribution is -0.122. The number of halogens is 1. The van der Waals surface area contributed by atoms with Gasteiger partial charge in [0.05, 0.1) is 16.4 Å².